The van der Waals surface area contributed by atoms with E-state index < -0.39 is 0 Å². The van der Waals surface area contributed by atoms with Gasteiger partial charge in [0.05, 0.1) is 12.1 Å². The van der Waals surface area contributed by atoms with Crippen LogP contribution in [0.3, 0.4) is 0 Å². The summed E-state index contributed by atoms with van der Waals surface area (Å²) >= 11 is 12.4. The summed E-state index contributed by atoms with van der Waals surface area (Å²) in [5.41, 5.74) is 1.30. The number of halogens is 2. The summed E-state index contributed by atoms with van der Waals surface area (Å²) in [5.74, 6) is 1.31. The molecule has 94 valence electrons. The molecular weight excluding hydrogens is 255 g/mol. The third kappa shape index (κ3) is 3.29. The lowest BCUT2D eigenvalue weighted by molar-refractivity contribution is 0.413. The van der Waals surface area contributed by atoms with Crippen molar-refractivity contribution in [1.29, 1.82) is 0 Å². The van der Waals surface area contributed by atoms with Gasteiger partial charge in [0, 0.05) is 5.38 Å². The van der Waals surface area contributed by atoms with Crippen LogP contribution in [-0.4, -0.2) is 12.5 Å². The second-order valence-corrected chi connectivity index (χ2v) is 5.73. The fraction of sp³-hybridized carbons (Fsp3) is 0.571. The van der Waals surface area contributed by atoms with Crippen molar-refractivity contribution in [3.05, 3.63) is 28.8 Å². The Morgan fingerprint density at radius 2 is 2.00 bits per heavy atom. The molecule has 0 spiro atoms. The van der Waals surface area contributed by atoms with Gasteiger partial charge in [0.2, 0.25) is 0 Å². The maximum Gasteiger partial charge on any atom is 0.137 e. The van der Waals surface area contributed by atoms with Gasteiger partial charge in [-0.05, 0) is 42.9 Å². The Morgan fingerprint density at radius 1 is 1.24 bits per heavy atom. The first kappa shape index (κ1) is 13.0. The van der Waals surface area contributed by atoms with Crippen molar-refractivity contribution in [3.8, 4) is 5.75 Å². The van der Waals surface area contributed by atoms with E-state index in [0.29, 0.717) is 16.3 Å². The molecule has 0 bridgehead atoms. The van der Waals surface area contributed by atoms with Gasteiger partial charge in [-0.3, -0.25) is 0 Å². The molecule has 1 nitrogen and oxygen atoms in total. The zero-order valence-corrected chi connectivity index (χ0v) is 11.6. The van der Waals surface area contributed by atoms with Crippen LogP contribution in [0, 0.1) is 0 Å². The molecule has 2 atom stereocenters. The highest BCUT2D eigenvalue weighted by atomic mass is 35.5. The van der Waals surface area contributed by atoms with Gasteiger partial charge in [0.25, 0.3) is 0 Å². The molecule has 3 heteroatoms. The van der Waals surface area contributed by atoms with E-state index in [4.69, 9.17) is 27.9 Å². The fourth-order valence-electron chi connectivity index (χ4n) is 2.53. The molecule has 1 aromatic rings. The van der Waals surface area contributed by atoms with Crippen LogP contribution < -0.4 is 4.74 Å². The van der Waals surface area contributed by atoms with E-state index in [-0.39, 0.29) is 0 Å². The molecule has 17 heavy (non-hydrogen) atoms. The van der Waals surface area contributed by atoms with Crippen LogP contribution in [0.1, 0.15) is 43.6 Å². The van der Waals surface area contributed by atoms with Crippen LogP contribution in [0.2, 0.25) is 5.02 Å². The summed E-state index contributed by atoms with van der Waals surface area (Å²) in [6.07, 6.45) is 5.93. The zero-order valence-electron chi connectivity index (χ0n) is 10.1. The molecule has 0 heterocycles. The van der Waals surface area contributed by atoms with E-state index in [9.17, 15) is 0 Å². The quantitative estimate of drug-likeness (QED) is 0.544. The van der Waals surface area contributed by atoms with Crippen molar-refractivity contribution in [2.45, 2.75) is 43.4 Å². The fourth-order valence-corrected chi connectivity index (χ4v) is 3.10. The number of methoxy groups -OCH3 is 1. The van der Waals surface area contributed by atoms with Crippen molar-refractivity contribution in [1.82, 2.24) is 0 Å². The molecule has 0 aromatic heterocycles. The van der Waals surface area contributed by atoms with Gasteiger partial charge in [-0.25, -0.2) is 0 Å². The maximum absolute atomic E-state index is 6.31. The number of alkyl halides is 1. The summed E-state index contributed by atoms with van der Waals surface area (Å²) in [6, 6.07) is 6.08. The summed E-state index contributed by atoms with van der Waals surface area (Å²) in [4.78, 5) is 0. The molecule has 0 N–H and O–H groups in total. The number of ether oxygens (including phenoxy) is 1. The lowest BCUT2D eigenvalue weighted by atomic mass is 9.91. The number of benzene rings is 1. The topological polar surface area (TPSA) is 9.23 Å². The van der Waals surface area contributed by atoms with Gasteiger partial charge < -0.3 is 4.74 Å². The van der Waals surface area contributed by atoms with Crippen LogP contribution >= 0.6 is 23.2 Å². The van der Waals surface area contributed by atoms with Crippen LogP contribution in [0.15, 0.2) is 18.2 Å². The Kier molecular flexibility index (Phi) is 4.58. The highest BCUT2D eigenvalue weighted by Crippen LogP contribution is 2.36. The van der Waals surface area contributed by atoms with E-state index >= 15 is 0 Å². The maximum atomic E-state index is 6.31. The lowest BCUT2D eigenvalue weighted by Gasteiger charge is -2.17. The SMILES string of the molecule is COc1cc(C2CCCCC(Cl)C2)ccc1Cl. The summed E-state index contributed by atoms with van der Waals surface area (Å²) in [6.45, 7) is 0. The average molecular weight is 273 g/mol. The Hall–Kier alpha value is -0.400. The first-order valence-electron chi connectivity index (χ1n) is 6.18. The smallest absolute Gasteiger partial charge is 0.137 e. The second kappa shape index (κ2) is 5.97. The molecule has 1 aliphatic carbocycles. The van der Waals surface area contributed by atoms with Crippen molar-refractivity contribution < 1.29 is 4.74 Å². The van der Waals surface area contributed by atoms with Gasteiger partial charge in [0.1, 0.15) is 5.75 Å². The molecule has 0 amide bonds. The minimum atomic E-state index is 0.309. The van der Waals surface area contributed by atoms with E-state index in [1.807, 2.05) is 6.07 Å². The number of rotatable bonds is 2. The van der Waals surface area contributed by atoms with Crippen molar-refractivity contribution in [3.63, 3.8) is 0 Å². The molecule has 2 rings (SSSR count). The van der Waals surface area contributed by atoms with Crippen LogP contribution in [0.25, 0.3) is 0 Å². The van der Waals surface area contributed by atoms with Crippen molar-refractivity contribution >= 4 is 23.2 Å². The molecule has 1 aliphatic rings. The standard InChI is InChI=1S/C14H18Cl2O/c1-17-14-9-11(6-7-13(14)16)10-4-2-3-5-12(15)8-10/h6-7,9-10,12H,2-5,8H2,1H3. The summed E-state index contributed by atoms with van der Waals surface area (Å²) in [5, 5.41) is 0.983. The highest BCUT2D eigenvalue weighted by Gasteiger charge is 2.20. The molecule has 1 aromatic carbocycles. The molecule has 2 unspecified atom stereocenters. The minimum Gasteiger partial charge on any atom is -0.495 e. The van der Waals surface area contributed by atoms with E-state index in [1.165, 1.54) is 24.8 Å². The molecule has 0 radical (unpaired) electrons. The van der Waals surface area contributed by atoms with Gasteiger partial charge in [0.15, 0.2) is 0 Å². The second-order valence-electron chi connectivity index (χ2n) is 4.71. The predicted molar refractivity (Wildman–Crippen MR) is 73.5 cm³/mol. The average Bonchev–Trinajstić information content (AvgIpc) is 2.54. The Balaban J connectivity index is 2.20. The predicted octanol–water partition coefficient (Wildman–Crippen LogP) is 5.00. The van der Waals surface area contributed by atoms with Gasteiger partial charge in [-0.1, -0.05) is 30.5 Å². The van der Waals surface area contributed by atoms with Crippen molar-refractivity contribution in [2.24, 2.45) is 0 Å². The molecule has 0 aliphatic heterocycles. The summed E-state index contributed by atoms with van der Waals surface area (Å²) < 4.78 is 5.27. The van der Waals surface area contributed by atoms with Gasteiger partial charge >= 0.3 is 0 Å². The molecule has 1 fully saturated rings. The monoisotopic (exact) mass is 272 g/mol. The van der Waals surface area contributed by atoms with E-state index in [0.717, 1.165) is 18.6 Å². The zero-order chi connectivity index (χ0) is 12.3. The van der Waals surface area contributed by atoms with Crippen LogP contribution in [-0.2, 0) is 0 Å². The Bertz CT molecular complexity index is 378. The van der Waals surface area contributed by atoms with Crippen molar-refractivity contribution in [2.75, 3.05) is 7.11 Å². The lowest BCUT2D eigenvalue weighted by Crippen LogP contribution is -2.04. The van der Waals surface area contributed by atoms with E-state index in [1.54, 1.807) is 7.11 Å². The third-order valence-corrected chi connectivity index (χ3v) is 4.22. The van der Waals surface area contributed by atoms with E-state index in [2.05, 4.69) is 12.1 Å². The largest absolute Gasteiger partial charge is 0.495 e. The number of hydrogen-bond acceptors (Lipinski definition) is 1. The Labute approximate surface area is 113 Å². The molecule has 1 saturated carbocycles. The number of hydrogen-bond donors (Lipinski definition) is 0. The summed E-state index contributed by atoms with van der Waals surface area (Å²) in [7, 11) is 1.66. The van der Waals surface area contributed by atoms with Crippen LogP contribution in [0.5, 0.6) is 5.75 Å². The first-order chi connectivity index (χ1) is 8.20. The van der Waals surface area contributed by atoms with Gasteiger partial charge in [-0.2, -0.15) is 0 Å². The molecule has 0 saturated heterocycles. The molecular formula is C14H18Cl2O. The normalized spacial score (nSPS) is 25.4. The first-order valence-corrected chi connectivity index (χ1v) is 6.99. The minimum absolute atomic E-state index is 0.309. The van der Waals surface area contributed by atoms with Gasteiger partial charge in [-0.15, -0.1) is 11.6 Å². The Morgan fingerprint density at radius 3 is 2.76 bits per heavy atom. The highest BCUT2D eigenvalue weighted by molar-refractivity contribution is 6.32. The van der Waals surface area contributed by atoms with Crippen LogP contribution in [0.4, 0.5) is 0 Å². The third-order valence-electron chi connectivity index (χ3n) is 3.51.